The zero-order chi connectivity index (χ0) is 25.2. The molecule has 2 saturated heterocycles. The molecule has 0 aliphatic carbocycles. The minimum absolute atomic E-state index is 0.112. The number of benzene rings is 2. The van der Waals surface area contributed by atoms with E-state index in [4.69, 9.17) is 4.74 Å². The Morgan fingerprint density at radius 1 is 1.08 bits per heavy atom. The maximum atomic E-state index is 15.1. The second-order valence-electron chi connectivity index (χ2n) is 9.96. The molecular formula is C28H32FN3O4. The molecule has 1 unspecified atom stereocenters. The van der Waals surface area contributed by atoms with Crippen molar-refractivity contribution >= 4 is 17.7 Å². The van der Waals surface area contributed by atoms with Crippen LogP contribution in [-0.2, 0) is 22.6 Å². The van der Waals surface area contributed by atoms with Crippen molar-refractivity contribution < 1.29 is 23.5 Å². The normalized spacial score (nSPS) is 21.0. The molecular weight excluding hydrogens is 461 g/mol. The number of piperidine rings is 2. The number of nitrogens with zero attached hydrogens (tertiary/aromatic N) is 2. The Kier molecular flexibility index (Phi) is 7.05. The highest BCUT2D eigenvalue weighted by Gasteiger charge is 2.40. The number of fused-ring (bicyclic) bond motifs is 1. The van der Waals surface area contributed by atoms with E-state index in [9.17, 15) is 14.4 Å². The Hall–Kier alpha value is -3.26. The number of carbonyl (C=O) groups excluding carboxylic acids is 3. The number of imide groups is 1. The summed E-state index contributed by atoms with van der Waals surface area (Å²) in [5.41, 5.74) is 2.98. The highest BCUT2D eigenvalue weighted by molar-refractivity contribution is 6.05. The van der Waals surface area contributed by atoms with E-state index in [1.54, 1.807) is 7.11 Å². The number of hydrogen-bond acceptors (Lipinski definition) is 5. The molecule has 5 rings (SSSR count). The summed E-state index contributed by atoms with van der Waals surface area (Å²) in [6.07, 6.45) is 4.24. The molecule has 1 N–H and O–H groups in total. The molecule has 3 amide bonds. The zero-order valence-electron chi connectivity index (χ0n) is 20.6. The number of carbonyl (C=O) groups is 3. The van der Waals surface area contributed by atoms with Gasteiger partial charge in [0.25, 0.3) is 5.91 Å². The van der Waals surface area contributed by atoms with E-state index in [0.29, 0.717) is 17.5 Å². The predicted molar refractivity (Wildman–Crippen MR) is 132 cm³/mol. The van der Waals surface area contributed by atoms with Gasteiger partial charge in [-0.3, -0.25) is 19.7 Å². The number of aryl methyl sites for hydroxylation is 1. The van der Waals surface area contributed by atoms with Crippen molar-refractivity contribution in [3.8, 4) is 5.75 Å². The van der Waals surface area contributed by atoms with Crippen LogP contribution in [0.2, 0.25) is 0 Å². The van der Waals surface area contributed by atoms with Crippen molar-refractivity contribution in [2.75, 3.05) is 26.7 Å². The Labute approximate surface area is 210 Å². The van der Waals surface area contributed by atoms with Gasteiger partial charge < -0.3 is 14.5 Å². The fraction of sp³-hybridized carbons (Fsp3) is 0.464. The number of hydrogen-bond donors (Lipinski definition) is 1. The maximum Gasteiger partial charge on any atom is 0.255 e. The monoisotopic (exact) mass is 493 g/mol. The first-order chi connectivity index (χ1) is 17.4. The third-order valence-electron chi connectivity index (χ3n) is 7.78. The van der Waals surface area contributed by atoms with E-state index in [1.807, 2.05) is 24.3 Å². The summed E-state index contributed by atoms with van der Waals surface area (Å²) in [4.78, 5) is 40.6. The van der Waals surface area contributed by atoms with Crippen molar-refractivity contribution in [2.24, 2.45) is 0 Å². The number of para-hydroxylation sites is 1. The fourth-order valence-corrected chi connectivity index (χ4v) is 5.79. The molecule has 2 aromatic carbocycles. The van der Waals surface area contributed by atoms with Crippen LogP contribution in [0.4, 0.5) is 4.39 Å². The highest BCUT2D eigenvalue weighted by atomic mass is 19.1. The molecule has 0 saturated carbocycles. The van der Waals surface area contributed by atoms with E-state index in [-0.39, 0.29) is 36.5 Å². The molecule has 1 atom stereocenters. The lowest BCUT2D eigenvalue weighted by atomic mass is 9.87. The number of likely N-dealkylation sites (tertiary alicyclic amines) is 1. The molecule has 36 heavy (non-hydrogen) atoms. The number of rotatable bonds is 7. The lowest BCUT2D eigenvalue weighted by Crippen LogP contribution is -2.52. The van der Waals surface area contributed by atoms with Crippen LogP contribution >= 0.6 is 0 Å². The second kappa shape index (κ2) is 10.4. The molecule has 190 valence electrons. The number of amides is 3. The van der Waals surface area contributed by atoms with E-state index in [1.165, 1.54) is 16.5 Å². The molecule has 0 spiro atoms. The van der Waals surface area contributed by atoms with Crippen molar-refractivity contribution in [1.29, 1.82) is 0 Å². The van der Waals surface area contributed by atoms with Crippen LogP contribution in [0.25, 0.3) is 0 Å². The fourth-order valence-electron chi connectivity index (χ4n) is 5.79. The van der Waals surface area contributed by atoms with Crippen LogP contribution in [0.1, 0.15) is 65.1 Å². The SMILES string of the molecule is COc1ccccc1CCCN1CCC(c2cc3c(cc2F)C(=O)N(C2CCC(=O)NC2=O)C3)CC1. The van der Waals surface area contributed by atoms with Crippen LogP contribution in [-0.4, -0.2) is 60.3 Å². The van der Waals surface area contributed by atoms with Crippen LogP contribution in [0.5, 0.6) is 5.75 Å². The molecule has 0 bridgehead atoms. The summed E-state index contributed by atoms with van der Waals surface area (Å²) < 4.78 is 20.6. The van der Waals surface area contributed by atoms with Crippen molar-refractivity contribution in [3.63, 3.8) is 0 Å². The zero-order valence-corrected chi connectivity index (χ0v) is 20.6. The van der Waals surface area contributed by atoms with Gasteiger partial charge in [0.05, 0.1) is 7.11 Å². The van der Waals surface area contributed by atoms with Crippen LogP contribution in [0.3, 0.4) is 0 Å². The Morgan fingerprint density at radius 3 is 2.61 bits per heavy atom. The van der Waals surface area contributed by atoms with Gasteiger partial charge in [-0.05, 0) is 86.5 Å². The summed E-state index contributed by atoms with van der Waals surface area (Å²) in [6.45, 7) is 3.09. The third kappa shape index (κ3) is 4.87. The molecule has 7 nitrogen and oxygen atoms in total. The molecule has 0 aromatic heterocycles. The quantitative estimate of drug-likeness (QED) is 0.598. The minimum atomic E-state index is -0.687. The molecule has 3 heterocycles. The average Bonchev–Trinajstić information content (AvgIpc) is 3.19. The number of halogens is 1. The standard InChI is InChI=1S/C28H32FN3O4/c1-36-25-7-3-2-5-19(25)6-4-12-31-13-10-18(11-14-31)21-15-20-17-32(28(35)22(20)16-23(21)29)24-8-9-26(33)30-27(24)34/h2-3,5,7,15-16,18,24H,4,6,8-14,17H2,1H3,(H,30,33,34). The largest absolute Gasteiger partial charge is 0.496 e. The predicted octanol–water partition coefficient (Wildman–Crippen LogP) is 3.41. The molecule has 2 aromatic rings. The van der Waals surface area contributed by atoms with Gasteiger partial charge in [0.2, 0.25) is 11.8 Å². The lowest BCUT2D eigenvalue weighted by Gasteiger charge is -2.32. The van der Waals surface area contributed by atoms with E-state index >= 15 is 4.39 Å². The van der Waals surface area contributed by atoms with Gasteiger partial charge in [-0.15, -0.1) is 0 Å². The third-order valence-corrected chi connectivity index (χ3v) is 7.78. The maximum absolute atomic E-state index is 15.1. The van der Waals surface area contributed by atoms with Crippen LogP contribution < -0.4 is 10.1 Å². The highest BCUT2D eigenvalue weighted by Crippen LogP contribution is 2.35. The van der Waals surface area contributed by atoms with Crippen molar-refractivity contribution in [3.05, 3.63) is 64.5 Å². The molecule has 3 aliphatic rings. The molecule has 0 radical (unpaired) electrons. The van der Waals surface area contributed by atoms with Crippen LogP contribution in [0.15, 0.2) is 36.4 Å². The average molecular weight is 494 g/mol. The molecule has 2 fully saturated rings. The van der Waals surface area contributed by atoms with E-state index < -0.39 is 11.9 Å². The lowest BCUT2D eigenvalue weighted by molar-refractivity contribution is -0.136. The topological polar surface area (TPSA) is 79.0 Å². The van der Waals surface area contributed by atoms with Gasteiger partial charge in [-0.1, -0.05) is 24.3 Å². The smallest absolute Gasteiger partial charge is 0.255 e. The van der Waals surface area contributed by atoms with Gasteiger partial charge in [-0.2, -0.15) is 0 Å². The number of methoxy groups -OCH3 is 1. The molecule has 8 heteroatoms. The Balaban J connectivity index is 1.18. The van der Waals surface area contributed by atoms with Crippen LogP contribution in [0, 0.1) is 5.82 Å². The van der Waals surface area contributed by atoms with E-state index in [0.717, 1.165) is 56.6 Å². The van der Waals surface area contributed by atoms with Crippen molar-refractivity contribution in [1.82, 2.24) is 15.1 Å². The summed E-state index contributed by atoms with van der Waals surface area (Å²) in [5, 5.41) is 2.30. The first-order valence-corrected chi connectivity index (χ1v) is 12.8. The van der Waals surface area contributed by atoms with Gasteiger partial charge in [0.1, 0.15) is 17.6 Å². The first-order valence-electron chi connectivity index (χ1n) is 12.8. The summed E-state index contributed by atoms with van der Waals surface area (Å²) in [6, 6.07) is 10.6. The van der Waals surface area contributed by atoms with Gasteiger partial charge >= 0.3 is 0 Å². The Morgan fingerprint density at radius 2 is 1.86 bits per heavy atom. The van der Waals surface area contributed by atoms with Gasteiger partial charge in [-0.25, -0.2) is 4.39 Å². The summed E-state index contributed by atoms with van der Waals surface area (Å²) in [7, 11) is 1.70. The van der Waals surface area contributed by atoms with Gasteiger partial charge in [0.15, 0.2) is 0 Å². The van der Waals surface area contributed by atoms with E-state index in [2.05, 4.69) is 16.3 Å². The summed E-state index contributed by atoms with van der Waals surface area (Å²) in [5.74, 6) is -0.416. The second-order valence-corrected chi connectivity index (χ2v) is 9.96. The van der Waals surface area contributed by atoms with Crippen molar-refractivity contribution in [2.45, 2.75) is 57.0 Å². The Bertz CT molecular complexity index is 1180. The minimum Gasteiger partial charge on any atom is -0.496 e. The van der Waals surface area contributed by atoms with Gasteiger partial charge in [0, 0.05) is 18.5 Å². The first kappa shape index (κ1) is 24.4. The molecule has 3 aliphatic heterocycles. The number of ether oxygens (including phenoxy) is 1. The summed E-state index contributed by atoms with van der Waals surface area (Å²) >= 11 is 0. The number of nitrogens with one attached hydrogen (secondary N) is 1.